The molecule has 5 aromatic rings. The van der Waals surface area contributed by atoms with E-state index in [1.54, 1.807) is 24.2 Å². The van der Waals surface area contributed by atoms with Crippen LogP contribution in [0.15, 0.2) is 69.1 Å². The Morgan fingerprint density at radius 1 is 1.06 bits per heavy atom. The van der Waals surface area contributed by atoms with Crippen molar-refractivity contribution >= 4 is 16.9 Å². The molecular weight excluding hydrogens is 434 g/mol. The smallest absolute Gasteiger partial charge is 0.280 e. The zero-order valence-corrected chi connectivity index (χ0v) is 18.4. The average molecular weight is 455 g/mol. The van der Waals surface area contributed by atoms with Gasteiger partial charge in [0.15, 0.2) is 17.0 Å². The second-order valence-electron chi connectivity index (χ2n) is 9.03. The maximum atomic E-state index is 12.7. The van der Waals surface area contributed by atoms with Gasteiger partial charge in [-0.1, -0.05) is 5.16 Å². The number of furan rings is 1. The van der Waals surface area contributed by atoms with Crippen molar-refractivity contribution in [1.82, 2.24) is 29.2 Å². The van der Waals surface area contributed by atoms with Gasteiger partial charge in [0.05, 0.1) is 12.6 Å². The first-order valence-corrected chi connectivity index (χ1v) is 11.2. The van der Waals surface area contributed by atoms with Crippen LogP contribution >= 0.6 is 0 Å². The molecule has 0 bridgehead atoms. The molecule has 1 aromatic carbocycles. The first kappa shape index (κ1) is 19.3. The Kier molecular flexibility index (Phi) is 4.05. The maximum Gasteiger partial charge on any atom is 0.280 e. The summed E-state index contributed by atoms with van der Waals surface area (Å²) in [4.78, 5) is 28.1. The zero-order chi connectivity index (χ0) is 22.8. The highest BCUT2D eigenvalue weighted by atomic mass is 16.5. The molecule has 34 heavy (non-hydrogen) atoms. The van der Waals surface area contributed by atoms with Crippen molar-refractivity contribution in [2.24, 2.45) is 18.9 Å². The van der Waals surface area contributed by atoms with Gasteiger partial charge in [-0.3, -0.25) is 9.36 Å². The van der Waals surface area contributed by atoms with Gasteiger partial charge in [-0.2, -0.15) is 4.98 Å². The molecule has 1 saturated carbocycles. The van der Waals surface area contributed by atoms with Crippen LogP contribution in [-0.2, 0) is 13.6 Å². The Hall–Kier alpha value is -4.21. The lowest BCUT2D eigenvalue weighted by atomic mass is 10.1. The molecule has 5 heterocycles. The number of fused-ring (bicyclic) bond motifs is 2. The van der Waals surface area contributed by atoms with Crippen LogP contribution in [0.2, 0.25) is 0 Å². The zero-order valence-electron chi connectivity index (χ0n) is 18.4. The van der Waals surface area contributed by atoms with Crippen molar-refractivity contribution in [3.05, 3.63) is 77.4 Å². The number of nitrogens with zero attached hydrogens (tertiary/aromatic N) is 7. The molecule has 10 heteroatoms. The fourth-order valence-corrected chi connectivity index (χ4v) is 5.20. The average Bonchev–Trinajstić information content (AvgIpc) is 3.47. The summed E-state index contributed by atoms with van der Waals surface area (Å²) in [6.45, 7) is 2.13. The minimum absolute atomic E-state index is 0.179. The normalized spacial score (nSPS) is 21.3. The van der Waals surface area contributed by atoms with E-state index in [1.807, 2.05) is 12.1 Å². The predicted molar refractivity (Wildman–Crippen MR) is 122 cm³/mol. The Morgan fingerprint density at radius 3 is 2.62 bits per heavy atom. The SMILES string of the molecule is Cn1cnc2ncn(Cc3nc(C4[C@H]5CN(c6ccc(-c7ccco7)cc6)C[C@@H]45)no3)c(=O)c21. The number of hydrogen-bond acceptors (Lipinski definition) is 8. The minimum Gasteiger partial charge on any atom is -0.464 e. The van der Waals surface area contributed by atoms with E-state index < -0.39 is 0 Å². The molecule has 2 aliphatic rings. The summed E-state index contributed by atoms with van der Waals surface area (Å²) in [5, 5.41) is 4.23. The Labute approximate surface area is 193 Å². The van der Waals surface area contributed by atoms with Gasteiger partial charge in [-0.25, -0.2) is 9.97 Å². The van der Waals surface area contributed by atoms with Crippen LogP contribution in [-0.4, -0.2) is 42.3 Å². The van der Waals surface area contributed by atoms with Crippen molar-refractivity contribution in [2.45, 2.75) is 12.5 Å². The molecule has 10 nitrogen and oxygen atoms in total. The van der Waals surface area contributed by atoms with E-state index >= 15 is 0 Å². The Balaban J connectivity index is 1.03. The number of hydrogen-bond donors (Lipinski definition) is 0. The Morgan fingerprint density at radius 2 is 1.85 bits per heavy atom. The predicted octanol–water partition coefficient (Wildman–Crippen LogP) is 2.67. The standard InChI is InChI=1S/C24H21N7O3/c1-29-12-25-23-21(29)24(32)31(13-26-23)11-19-27-22(28-34-19)20-16-9-30(10-17(16)20)15-6-4-14(5-7-15)18-3-2-8-33-18/h2-8,12-13,16-17,20H,9-11H2,1H3/t16-,17+,20?. The number of imidazole rings is 1. The molecule has 0 radical (unpaired) electrons. The second-order valence-corrected chi connectivity index (χ2v) is 9.03. The van der Waals surface area contributed by atoms with Gasteiger partial charge in [0.1, 0.15) is 18.6 Å². The monoisotopic (exact) mass is 455 g/mol. The minimum atomic E-state index is -0.179. The fourth-order valence-electron chi connectivity index (χ4n) is 5.20. The molecule has 0 spiro atoms. The van der Waals surface area contributed by atoms with Crippen LogP contribution < -0.4 is 10.5 Å². The molecule has 1 aliphatic heterocycles. The topological polar surface area (TPSA) is 108 Å². The van der Waals surface area contributed by atoms with Crippen LogP contribution in [0, 0.1) is 11.8 Å². The number of aromatic nitrogens is 6. The van der Waals surface area contributed by atoms with Crippen LogP contribution in [0.25, 0.3) is 22.5 Å². The van der Waals surface area contributed by atoms with Crippen molar-refractivity contribution < 1.29 is 8.94 Å². The summed E-state index contributed by atoms with van der Waals surface area (Å²) < 4.78 is 14.1. The van der Waals surface area contributed by atoms with Crippen LogP contribution in [0.5, 0.6) is 0 Å². The van der Waals surface area contributed by atoms with E-state index in [1.165, 1.54) is 16.6 Å². The third kappa shape index (κ3) is 2.98. The fraction of sp³-hybridized carbons (Fsp3) is 0.292. The van der Waals surface area contributed by atoms with E-state index in [2.05, 4.69) is 49.3 Å². The highest BCUT2D eigenvalue weighted by Crippen LogP contribution is 2.57. The summed E-state index contributed by atoms with van der Waals surface area (Å²) in [5.41, 5.74) is 3.00. The largest absolute Gasteiger partial charge is 0.464 e. The van der Waals surface area contributed by atoms with Crippen molar-refractivity contribution in [1.29, 1.82) is 0 Å². The molecule has 1 unspecified atom stereocenters. The molecule has 0 amide bonds. The highest BCUT2D eigenvalue weighted by molar-refractivity contribution is 5.68. The third-order valence-electron chi connectivity index (χ3n) is 7.02. The number of piperidine rings is 1. The van der Waals surface area contributed by atoms with Crippen molar-refractivity contribution in [3.8, 4) is 11.3 Å². The summed E-state index contributed by atoms with van der Waals surface area (Å²) in [7, 11) is 1.77. The highest BCUT2D eigenvalue weighted by Gasteiger charge is 2.58. The second kappa shape index (κ2) is 7.14. The lowest BCUT2D eigenvalue weighted by Gasteiger charge is -2.21. The molecule has 1 saturated heterocycles. The van der Waals surface area contributed by atoms with E-state index in [-0.39, 0.29) is 12.1 Å². The summed E-state index contributed by atoms with van der Waals surface area (Å²) in [6, 6.07) is 12.4. The summed E-state index contributed by atoms with van der Waals surface area (Å²) in [5.74, 6) is 3.37. The molecule has 2 fully saturated rings. The van der Waals surface area contributed by atoms with Gasteiger partial charge >= 0.3 is 0 Å². The van der Waals surface area contributed by atoms with Crippen LogP contribution in [0.3, 0.4) is 0 Å². The number of aryl methyl sites for hydroxylation is 1. The first-order chi connectivity index (χ1) is 16.7. The summed E-state index contributed by atoms with van der Waals surface area (Å²) >= 11 is 0. The van der Waals surface area contributed by atoms with Gasteiger partial charge in [-0.15, -0.1) is 0 Å². The van der Waals surface area contributed by atoms with E-state index in [4.69, 9.17) is 8.94 Å². The molecule has 1 aliphatic carbocycles. The molecule has 3 atom stereocenters. The summed E-state index contributed by atoms with van der Waals surface area (Å²) in [6.07, 6.45) is 4.74. The number of rotatable bonds is 5. The molecule has 7 rings (SSSR count). The third-order valence-corrected chi connectivity index (χ3v) is 7.02. The quantitative estimate of drug-likeness (QED) is 0.398. The van der Waals surface area contributed by atoms with E-state index in [9.17, 15) is 4.79 Å². The Bertz CT molecular complexity index is 1540. The van der Waals surface area contributed by atoms with Gasteiger partial charge in [0.25, 0.3) is 5.56 Å². The number of benzene rings is 1. The van der Waals surface area contributed by atoms with Crippen molar-refractivity contribution in [3.63, 3.8) is 0 Å². The molecule has 0 N–H and O–H groups in total. The van der Waals surface area contributed by atoms with Gasteiger partial charge in [-0.05, 0) is 48.2 Å². The van der Waals surface area contributed by atoms with Gasteiger partial charge in [0, 0.05) is 37.3 Å². The number of anilines is 1. The van der Waals surface area contributed by atoms with Gasteiger partial charge in [0.2, 0.25) is 5.89 Å². The van der Waals surface area contributed by atoms with E-state index in [0.29, 0.717) is 34.8 Å². The first-order valence-electron chi connectivity index (χ1n) is 11.2. The lowest BCUT2D eigenvalue weighted by Crippen LogP contribution is -2.23. The molecule has 4 aromatic heterocycles. The van der Waals surface area contributed by atoms with E-state index in [0.717, 1.165) is 30.2 Å². The van der Waals surface area contributed by atoms with Crippen molar-refractivity contribution in [2.75, 3.05) is 18.0 Å². The maximum absolute atomic E-state index is 12.7. The molecule has 170 valence electrons. The van der Waals surface area contributed by atoms with Crippen LogP contribution in [0.1, 0.15) is 17.6 Å². The molecular formula is C24H21N7O3. The lowest BCUT2D eigenvalue weighted by molar-refractivity contribution is 0.363. The van der Waals surface area contributed by atoms with Crippen LogP contribution in [0.4, 0.5) is 5.69 Å². The van der Waals surface area contributed by atoms with Gasteiger partial charge < -0.3 is 18.4 Å².